The van der Waals surface area contributed by atoms with Crippen molar-refractivity contribution in [2.45, 2.75) is 83.6 Å². The number of fused-ring (bicyclic) bond motifs is 1. The number of aliphatic carboxylic acids is 1. The van der Waals surface area contributed by atoms with Gasteiger partial charge in [0.2, 0.25) is 0 Å². The number of pyridine rings is 1. The van der Waals surface area contributed by atoms with Gasteiger partial charge in [-0.1, -0.05) is 26.8 Å². The smallest absolute Gasteiger partial charge is 0.303 e. The van der Waals surface area contributed by atoms with E-state index in [-0.39, 0.29) is 47.1 Å². The monoisotopic (exact) mass is 651 g/mol. The highest BCUT2D eigenvalue weighted by Crippen LogP contribution is 2.42. The molecule has 1 saturated carbocycles. The molecule has 1 saturated heterocycles. The van der Waals surface area contributed by atoms with Crippen molar-refractivity contribution in [3.8, 4) is 11.8 Å². The summed E-state index contributed by atoms with van der Waals surface area (Å²) in [4.78, 5) is 33.6. The van der Waals surface area contributed by atoms with Crippen LogP contribution < -0.4 is 9.64 Å². The van der Waals surface area contributed by atoms with E-state index in [2.05, 4.69) is 43.9 Å². The van der Waals surface area contributed by atoms with Crippen LogP contribution >= 0.6 is 17.0 Å². The Morgan fingerprint density at radius 2 is 1.86 bits per heavy atom. The molecule has 1 aliphatic carbocycles. The van der Waals surface area contributed by atoms with E-state index in [0.717, 1.165) is 53.9 Å². The van der Waals surface area contributed by atoms with Crippen LogP contribution in [0.3, 0.4) is 0 Å². The molecule has 3 heterocycles. The number of amidine groups is 1. The molecule has 0 spiro atoms. The van der Waals surface area contributed by atoms with Crippen LogP contribution in [-0.2, 0) is 16.8 Å². The van der Waals surface area contributed by atoms with Gasteiger partial charge in [-0.05, 0) is 62.1 Å². The van der Waals surface area contributed by atoms with Gasteiger partial charge in [0.05, 0.1) is 24.9 Å². The van der Waals surface area contributed by atoms with Crippen LogP contribution in [0.15, 0.2) is 24.3 Å². The first kappa shape index (κ1) is 32.5. The number of nitrogens with one attached hydrogen (secondary N) is 1. The van der Waals surface area contributed by atoms with Gasteiger partial charge in [0.15, 0.2) is 5.78 Å². The zero-order chi connectivity index (χ0) is 30.0. The minimum absolute atomic E-state index is 0. The number of nitrogens with zero attached hydrogens (tertiary/aromatic N) is 4. The second-order valence-corrected chi connectivity index (χ2v) is 12.9. The molecule has 10 heteroatoms. The average molecular weight is 653 g/mol. The van der Waals surface area contributed by atoms with Crippen LogP contribution in [0.25, 0.3) is 0 Å². The van der Waals surface area contributed by atoms with Gasteiger partial charge in [0.25, 0.3) is 0 Å². The van der Waals surface area contributed by atoms with Gasteiger partial charge in [0.1, 0.15) is 17.3 Å². The molecule has 3 aliphatic rings. The number of ketones is 1. The van der Waals surface area contributed by atoms with Gasteiger partial charge in [-0.25, -0.2) is 4.98 Å². The number of nitriles is 1. The lowest BCUT2D eigenvalue weighted by atomic mass is 9.84. The van der Waals surface area contributed by atoms with Crippen molar-refractivity contribution >= 4 is 40.3 Å². The topological polar surface area (TPSA) is 131 Å². The van der Waals surface area contributed by atoms with Crippen molar-refractivity contribution in [3.63, 3.8) is 0 Å². The van der Waals surface area contributed by atoms with Crippen LogP contribution in [0, 0.1) is 22.7 Å². The van der Waals surface area contributed by atoms with E-state index in [1.807, 2.05) is 12.1 Å². The number of carboxylic acid groups (broad SMARTS) is 1. The lowest BCUT2D eigenvalue weighted by Gasteiger charge is -2.35. The van der Waals surface area contributed by atoms with Crippen molar-refractivity contribution in [1.82, 2.24) is 9.88 Å². The molecule has 2 fully saturated rings. The minimum Gasteiger partial charge on any atom is -0.491 e. The summed E-state index contributed by atoms with van der Waals surface area (Å²) in [5, 5.41) is 27.2. The van der Waals surface area contributed by atoms with Crippen LogP contribution in [0.1, 0.15) is 105 Å². The Bertz CT molecular complexity index is 1420. The summed E-state index contributed by atoms with van der Waals surface area (Å²) < 4.78 is 6.38. The summed E-state index contributed by atoms with van der Waals surface area (Å²) >= 11 is 0. The Balaban J connectivity index is 0.00000423. The zero-order valence-electron chi connectivity index (χ0n) is 25.3. The fraction of sp³-hybridized carbons (Fsp3) is 0.545. The van der Waals surface area contributed by atoms with E-state index in [1.165, 1.54) is 0 Å². The van der Waals surface area contributed by atoms with Crippen molar-refractivity contribution in [3.05, 3.63) is 52.3 Å². The van der Waals surface area contributed by atoms with Gasteiger partial charge >= 0.3 is 5.97 Å². The number of hydrogen-bond donors (Lipinski definition) is 2. The number of rotatable bonds is 11. The number of piperidine rings is 1. The van der Waals surface area contributed by atoms with E-state index in [4.69, 9.17) is 20.2 Å². The maximum atomic E-state index is 13.9. The average Bonchev–Trinajstić information content (AvgIpc) is 3.77. The molecular weight excluding hydrogens is 610 g/mol. The summed E-state index contributed by atoms with van der Waals surface area (Å²) in [5.41, 5.74) is 4.73. The number of hydrogen-bond acceptors (Lipinski definition) is 7. The molecule has 2 aliphatic heterocycles. The van der Waals surface area contributed by atoms with E-state index in [1.54, 1.807) is 4.90 Å². The Labute approximate surface area is 264 Å². The molecule has 43 heavy (non-hydrogen) atoms. The number of carbonyl (C=O) groups is 2. The molecule has 0 radical (unpaired) electrons. The molecule has 0 atom stereocenters. The van der Waals surface area contributed by atoms with Crippen LogP contribution in [-0.4, -0.2) is 58.8 Å². The molecular formula is C33H42BrN5O4. The molecule has 0 unspecified atom stereocenters. The van der Waals surface area contributed by atoms with Gasteiger partial charge in [0, 0.05) is 60.3 Å². The van der Waals surface area contributed by atoms with Crippen LogP contribution in [0.4, 0.5) is 5.69 Å². The zero-order valence-corrected chi connectivity index (χ0v) is 27.0. The molecule has 2 aromatic rings. The highest BCUT2D eigenvalue weighted by molar-refractivity contribution is 8.93. The first-order valence-electron chi connectivity index (χ1n) is 15.1. The molecule has 1 aromatic carbocycles. The van der Waals surface area contributed by atoms with E-state index < -0.39 is 5.97 Å². The standard InChI is InChI=1S/C33H41N5O4.BrH/c1-33(2,3)25-16-24(28(39)20-38-19-23-9-10-26(22-7-8-22)36-30(23)32(38)35)17-27(37-13-11-21(18-34)12-14-37)31(25)42-15-5-4-6-29(40)41;/h9-10,16-17,21-22,35H,4-8,11-15,19-20H2,1-3H3,(H,40,41);1H. The highest BCUT2D eigenvalue weighted by Gasteiger charge is 2.33. The van der Waals surface area contributed by atoms with Crippen LogP contribution in [0.2, 0.25) is 0 Å². The normalized spacial score (nSPS) is 16.8. The second-order valence-electron chi connectivity index (χ2n) is 12.9. The van der Waals surface area contributed by atoms with E-state index in [9.17, 15) is 14.9 Å². The van der Waals surface area contributed by atoms with Gasteiger partial charge in [-0.3, -0.25) is 15.0 Å². The quantitative estimate of drug-likeness (QED) is 0.216. The van der Waals surface area contributed by atoms with E-state index in [0.29, 0.717) is 62.1 Å². The molecule has 5 rings (SSSR count). The fourth-order valence-corrected chi connectivity index (χ4v) is 5.80. The minimum atomic E-state index is -0.817. The van der Waals surface area contributed by atoms with Crippen molar-refractivity contribution in [1.29, 1.82) is 10.7 Å². The van der Waals surface area contributed by atoms with Gasteiger partial charge < -0.3 is 19.6 Å². The third-order valence-corrected chi connectivity index (χ3v) is 8.48. The van der Waals surface area contributed by atoms with Crippen LogP contribution in [0.5, 0.6) is 5.75 Å². The summed E-state index contributed by atoms with van der Waals surface area (Å²) in [6.45, 7) is 8.62. The Morgan fingerprint density at radius 1 is 1.14 bits per heavy atom. The second kappa shape index (κ2) is 13.5. The molecule has 2 N–H and O–H groups in total. The number of unbranched alkanes of at least 4 members (excludes halogenated alkanes) is 1. The Morgan fingerprint density at radius 3 is 2.49 bits per heavy atom. The number of benzene rings is 1. The number of anilines is 1. The van der Waals surface area contributed by atoms with Gasteiger partial charge in [-0.2, -0.15) is 5.26 Å². The maximum absolute atomic E-state index is 13.9. The summed E-state index contributed by atoms with van der Waals surface area (Å²) in [6, 6.07) is 10.3. The predicted octanol–water partition coefficient (Wildman–Crippen LogP) is 6.23. The molecule has 0 bridgehead atoms. The van der Waals surface area contributed by atoms with Gasteiger partial charge in [-0.15, -0.1) is 17.0 Å². The number of carbonyl (C=O) groups excluding carboxylic acids is 1. The number of aromatic nitrogens is 1. The molecule has 9 nitrogen and oxygen atoms in total. The van der Waals surface area contributed by atoms with E-state index >= 15 is 0 Å². The molecule has 230 valence electrons. The van der Waals surface area contributed by atoms with Crippen molar-refractivity contribution in [2.75, 3.05) is 31.1 Å². The first-order chi connectivity index (χ1) is 20.0. The maximum Gasteiger partial charge on any atom is 0.303 e. The highest BCUT2D eigenvalue weighted by atomic mass is 79.9. The number of ether oxygens (including phenoxy) is 1. The van der Waals surface area contributed by atoms with Crippen molar-refractivity contribution in [2.24, 2.45) is 5.92 Å². The lowest BCUT2D eigenvalue weighted by molar-refractivity contribution is -0.137. The SMILES string of the molecule is Br.CC(C)(C)c1cc(C(=O)CN2Cc3ccc(C4CC4)nc3C2=N)cc(N2CCC(C#N)CC2)c1OCCCCC(=O)O. The molecule has 0 amide bonds. The van der Waals surface area contributed by atoms with Crippen molar-refractivity contribution < 1.29 is 19.4 Å². The summed E-state index contributed by atoms with van der Waals surface area (Å²) in [5.74, 6) is 0.665. The third-order valence-electron chi connectivity index (χ3n) is 8.48. The molecule has 1 aromatic heterocycles. The lowest BCUT2D eigenvalue weighted by Crippen LogP contribution is -2.34. The summed E-state index contributed by atoms with van der Waals surface area (Å²) in [6.07, 6.45) is 5.03. The largest absolute Gasteiger partial charge is 0.491 e. The number of Topliss-reactive ketones (excluding diaryl/α,β-unsaturated/α-hetero) is 1. The number of halogens is 1. The predicted molar refractivity (Wildman–Crippen MR) is 171 cm³/mol. The fourth-order valence-electron chi connectivity index (χ4n) is 5.80. The number of carboxylic acids is 1. The first-order valence-corrected chi connectivity index (χ1v) is 15.1. The Kier molecular flexibility index (Phi) is 10.2. The Hall–Kier alpha value is -3.45. The summed E-state index contributed by atoms with van der Waals surface area (Å²) in [7, 11) is 0. The third kappa shape index (κ3) is 7.56.